The first kappa shape index (κ1) is 22.2. The van der Waals surface area contributed by atoms with Crippen LogP contribution in [-0.2, 0) is 20.7 Å². The van der Waals surface area contributed by atoms with E-state index in [1.165, 1.54) is 12.7 Å². The number of benzene rings is 1. The molecule has 7 heteroatoms. The molecule has 0 unspecified atom stereocenters. The lowest BCUT2D eigenvalue weighted by Crippen LogP contribution is -2.30. The number of hydrogen-bond acceptors (Lipinski definition) is 5. The number of carbonyl (C=O) groups is 3. The number of esters is 2. The van der Waals surface area contributed by atoms with E-state index in [-0.39, 0.29) is 11.6 Å². The van der Waals surface area contributed by atoms with Crippen molar-refractivity contribution in [3.63, 3.8) is 0 Å². The van der Waals surface area contributed by atoms with Gasteiger partial charge < -0.3 is 19.8 Å². The second kappa shape index (κ2) is 9.91. The van der Waals surface area contributed by atoms with Gasteiger partial charge in [0.2, 0.25) is 0 Å². The maximum atomic E-state index is 12.2. The molecule has 2 N–H and O–H groups in total. The highest BCUT2D eigenvalue weighted by molar-refractivity contribution is 5.99. The van der Waals surface area contributed by atoms with Gasteiger partial charge in [0.05, 0.1) is 12.7 Å². The van der Waals surface area contributed by atoms with Crippen LogP contribution in [0.15, 0.2) is 24.3 Å². The van der Waals surface area contributed by atoms with Crippen molar-refractivity contribution in [1.29, 1.82) is 0 Å². The number of hydrogen-bond donors (Lipinski definition) is 2. The summed E-state index contributed by atoms with van der Waals surface area (Å²) in [6, 6.07) is 8.28. The van der Waals surface area contributed by atoms with Crippen LogP contribution in [0.2, 0.25) is 0 Å². The fraction of sp³-hybridized carbons (Fsp3) is 0.409. The summed E-state index contributed by atoms with van der Waals surface area (Å²) in [7, 11) is 1.27. The molecule has 0 atom stereocenters. The van der Waals surface area contributed by atoms with E-state index >= 15 is 0 Å². The van der Waals surface area contributed by atoms with Crippen LogP contribution in [0.25, 0.3) is 0 Å². The topological polar surface area (TPSA) is 97.5 Å². The van der Waals surface area contributed by atoms with Crippen molar-refractivity contribution in [2.75, 3.05) is 20.3 Å². The highest BCUT2D eigenvalue weighted by Gasteiger charge is 2.23. The average Bonchev–Trinajstić information content (AvgIpc) is 3.00. The van der Waals surface area contributed by atoms with E-state index in [0.29, 0.717) is 35.7 Å². The Kier molecular flexibility index (Phi) is 7.59. The Bertz CT molecular complexity index is 881. The fourth-order valence-electron chi connectivity index (χ4n) is 3.03. The largest absolute Gasteiger partial charge is 0.465 e. The van der Waals surface area contributed by atoms with Gasteiger partial charge >= 0.3 is 11.9 Å². The third kappa shape index (κ3) is 5.70. The van der Waals surface area contributed by atoms with E-state index in [2.05, 4.69) is 48.4 Å². The zero-order valence-corrected chi connectivity index (χ0v) is 17.5. The average molecular weight is 400 g/mol. The SMILES string of the molecule is COC(=O)c1c(C)[nH]c(C(=O)OCC(=O)NCCc2ccc(C(C)C)cc2)c1C. The van der Waals surface area contributed by atoms with Crippen LogP contribution in [0.3, 0.4) is 0 Å². The summed E-state index contributed by atoms with van der Waals surface area (Å²) in [5.74, 6) is -1.13. The van der Waals surface area contributed by atoms with Crippen molar-refractivity contribution in [2.24, 2.45) is 0 Å². The molecular formula is C22H28N2O5. The standard InChI is InChI=1S/C22H28N2O5/c1-13(2)17-8-6-16(7-9-17)10-11-23-18(25)12-29-22(27)20-14(3)19(15(4)24-20)21(26)28-5/h6-9,13,24H,10-12H2,1-5H3,(H,23,25). The van der Waals surface area contributed by atoms with Crippen LogP contribution in [0, 0.1) is 13.8 Å². The molecule has 2 rings (SSSR count). The van der Waals surface area contributed by atoms with Gasteiger partial charge in [0.15, 0.2) is 6.61 Å². The lowest BCUT2D eigenvalue weighted by molar-refractivity contribution is -0.124. The molecular weight excluding hydrogens is 372 g/mol. The van der Waals surface area contributed by atoms with Gasteiger partial charge in [-0.25, -0.2) is 9.59 Å². The lowest BCUT2D eigenvalue weighted by atomic mass is 10.0. The summed E-state index contributed by atoms with van der Waals surface area (Å²) < 4.78 is 9.78. The van der Waals surface area contributed by atoms with Gasteiger partial charge in [-0.05, 0) is 42.9 Å². The first-order valence-corrected chi connectivity index (χ1v) is 9.54. The first-order valence-electron chi connectivity index (χ1n) is 9.54. The third-order valence-corrected chi connectivity index (χ3v) is 4.75. The summed E-state index contributed by atoms with van der Waals surface area (Å²) in [5.41, 5.74) is 3.78. The van der Waals surface area contributed by atoms with Gasteiger partial charge in [0.25, 0.3) is 5.91 Å². The number of aromatic amines is 1. The molecule has 1 aromatic carbocycles. The van der Waals surface area contributed by atoms with Crippen LogP contribution >= 0.6 is 0 Å². The highest BCUT2D eigenvalue weighted by Crippen LogP contribution is 2.19. The second-order valence-corrected chi connectivity index (χ2v) is 7.19. The maximum Gasteiger partial charge on any atom is 0.355 e. The smallest absolute Gasteiger partial charge is 0.355 e. The van der Waals surface area contributed by atoms with Crippen LogP contribution in [0.5, 0.6) is 0 Å². The van der Waals surface area contributed by atoms with Crippen molar-refractivity contribution in [2.45, 2.75) is 40.0 Å². The summed E-state index contributed by atoms with van der Waals surface area (Å²) in [4.78, 5) is 38.8. The first-order chi connectivity index (χ1) is 13.7. The normalized spacial score (nSPS) is 10.7. The molecule has 0 saturated carbocycles. The molecule has 156 valence electrons. The summed E-state index contributed by atoms with van der Waals surface area (Å²) >= 11 is 0. The van der Waals surface area contributed by atoms with E-state index in [0.717, 1.165) is 5.56 Å². The van der Waals surface area contributed by atoms with E-state index in [1.807, 2.05) is 0 Å². The molecule has 7 nitrogen and oxygen atoms in total. The molecule has 0 saturated heterocycles. The predicted molar refractivity (Wildman–Crippen MR) is 109 cm³/mol. The van der Waals surface area contributed by atoms with Crippen LogP contribution in [0.4, 0.5) is 0 Å². The Morgan fingerprint density at radius 3 is 2.31 bits per heavy atom. The van der Waals surface area contributed by atoms with Gasteiger partial charge in [0.1, 0.15) is 5.69 Å². The van der Waals surface area contributed by atoms with E-state index in [1.54, 1.807) is 13.8 Å². The molecule has 1 heterocycles. The van der Waals surface area contributed by atoms with Crippen molar-refractivity contribution in [3.8, 4) is 0 Å². The number of ether oxygens (including phenoxy) is 2. The number of methoxy groups -OCH3 is 1. The van der Waals surface area contributed by atoms with Crippen LogP contribution in [-0.4, -0.2) is 43.1 Å². The minimum Gasteiger partial charge on any atom is -0.465 e. The van der Waals surface area contributed by atoms with E-state index in [4.69, 9.17) is 9.47 Å². The summed E-state index contributed by atoms with van der Waals surface area (Å²) in [6.45, 7) is 7.62. The molecule has 0 aliphatic heterocycles. The quantitative estimate of drug-likeness (QED) is 0.664. The van der Waals surface area contributed by atoms with Gasteiger partial charge in [0, 0.05) is 12.2 Å². The zero-order valence-electron chi connectivity index (χ0n) is 17.5. The number of nitrogens with one attached hydrogen (secondary N) is 2. The molecule has 1 aromatic heterocycles. The number of aromatic nitrogens is 1. The predicted octanol–water partition coefficient (Wildman–Crippen LogP) is 3.06. The number of rotatable bonds is 8. The zero-order chi connectivity index (χ0) is 21.6. The summed E-state index contributed by atoms with van der Waals surface area (Å²) in [6.07, 6.45) is 0.690. The molecule has 0 aliphatic carbocycles. The molecule has 0 fully saturated rings. The van der Waals surface area contributed by atoms with E-state index < -0.39 is 18.5 Å². The van der Waals surface area contributed by atoms with Gasteiger partial charge in [-0.1, -0.05) is 38.1 Å². The Hall–Kier alpha value is -3.09. The highest BCUT2D eigenvalue weighted by atomic mass is 16.5. The maximum absolute atomic E-state index is 12.2. The van der Waals surface area contributed by atoms with Crippen LogP contribution < -0.4 is 5.32 Å². The number of H-pyrrole nitrogens is 1. The Balaban J connectivity index is 1.82. The fourth-order valence-corrected chi connectivity index (χ4v) is 3.03. The molecule has 0 spiro atoms. The van der Waals surface area contributed by atoms with Crippen LogP contribution in [0.1, 0.15) is 63.0 Å². The van der Waals surface area contributed by atoms with E-state index in [9.17, 15) is 14.4 Å². The minimum absolute atomic E-state index is 0.140. The molecule has 1 amide bonds. The van der Waals surface area contributed by atoms with Gasteiger partial charge in [-0.3, -0.25) is 4.79 Å². The molecule has 0 bridgehead atoms. The number of aryl methyl sites for hydroxylation is 1. The Morgan fingerprint density at radius 1 is 1.07 bits per heavy atom. The Labute approximate surface area is 170 Å². The third-order valence-electron chi connectivity index (χ3n) is 4.75. The number of amides is 1. The van der Waals surface area contributed by atoms with Crippen molar-refractivity contribution >= 4 is 17.8 Å². The number of carbonyl (C=O) groups excluding carboxylic acids is 3. The molecule has 29 heavy (non-hydrogen) atoms. The summed E-state index contributed by atoms with van der Waals surface area (Å²) in [5, 5.41) is 2.73. The molecule has 0 radical (unpaired) electrons. The van der Waals surface area contributed by atoms with Crippen molar-refractivity contribution in [3.05, 3.63) is 57.9 Å². The second-order valence-electron chi connectivity index (χ2n) is 7.19. The minimum atomic E-state index is -0.694. The van der Waals surface area contributed by atoms with Gasteiger partial charge in [-0.2, -0.15) is 0 Å². The lowest BCUT2D eigenvalue weighted by Gasteiger charge is -2.08. The molecule has 0 aliphatic rings. The molecule has 2 aromatic rings. The van der Waals surface area contributed by atoms with Crippen molar-refractivity contribution in [1.82, 2.24) is 10.3 Å². The monoisotopic (exact) mass is 400 g/mol. The van der Waals surface area contributed by atoms with Gasteiger partial charge in [-0.15, -0.1) is 0 Å². The van der Waals surface area contributed by atoms with Crippen molar-refractivity contribution < 1.29 is 23.9 Å². The Morgan fingerprint density at radius 2 is 1.72 bits per heavy atom.